The first kappa shape index (κ1) is 13.3. The molecule has 1 fully saturated rings. The zero-order chi connectivity index (χ0) is 13.1. The summed E-state index contributed by atoms with van der Waals surface area (Å²) in [4.78, 5) is 2.01. The van der Waals surface area contributed by atoms with E-state index in [0.717, 1.165) is 19.5 Å². The Kier molecular flexibility index (Phi) is 4.19. The quantitative estimate of drug-likeness (QED) is 0.815. The summed E-state index contributed by atoms with van der Waals surface area (Å²) in [7, 11) is 0. The van der Waals surface area contributed by atoms with Crippen molar-refractivity contribution in [2.75, 3.05) is 24.6 Å². The Morgan fingerprint density at radius 2 is 2.33 bits per heavy atom. The molecule has 0 aromatic carbocycles. The monoisotopic (exact) mass is 254 g/mol. The fourth-order valence-electron chi connectivity index (χ4n) is 2.44. The summed E-state index contributed by atoms with van der Waals surface area (Å²) in [5.41, 5.74) is 0. The van der Waals surface area contributed by atoms with Crippen molar-refractivity contribution in [2.24, 2.45) is 5.92 Å². The van der Waals surface area contributed by atoms with Gasteiger partial charge in [0, 0.05) is 6.54 Å². The van der Waals surface area contributed by atoms with Crippen LogP contribution in [0.4, 0.5) is 6.01 Å². The Labute approximate surface area is 107 Å². The molecule has 1 aliphatic heterocycles. The first-order chi connectivity index (χ1) is 8.67. The van der Waals surface area contributed by atoms with Crippen molar-refractivity contribution >= 4 is 6.01 Å². The van der Waals surface area contributed by atoms with Crippen LogP contribution in [0.2, 0.25) is 0 Å². The van der Waals surface area contributed by atoms with E-state index in [-0.39, 0.29) is 18.7 Å². The van der Waals surface area contributed by atoms with Gasteiger partial charge in [-0.2, -0.15) is 0 Å². The third-order valence-corrected chi connectivity index (χ3v) is 3.63. The van der Waals surface area contributed by atoms with Gasteiger partial charge in [-0.3, -0.25) is 0 Å². The first-order valence-electron chi connectivity index (χ1n) is 6.61. The number of aromatic nitrogens is 2. The minimum atomic E-state index is 0.0591. The number of nitrogens with one attached hydrogen (secondary N) is 1. The minimum absolute atomic E-state index is 0.0591. The number of anilines is 1. The molecule has 1 aliphatic rings. The third kappa shape index (κ3) is 2.49. The van der Waals surface area contributed by atoms with Crippen molar-refractivity contribution < 1.29 is 9.52 Å². The van der Waals surface area contributed by atoms with E-state index in [1.807, 2.05) is 18.7 Å². The van der Waals surface area contributed by atoms with Gasteiger partial charge >= 0.3 is 6.01 Å². The van der Waals surface area contributed by atoms with Crippen molar-refractivity contribution in [3.63, 3.8) is 0 Å². The van der Waals surface area contributed by atoms with Gasteiger partial charge in [-0.05, 0) is 25.8 Å². The highest BCUT2D eigenvalue weighted by atomic mass is 16.4. The Balaban J connectivity index is 2.10. The van der Waals surface area contributed by atoms with Crippen LogP contribution in [-0.2, 0) is 0 Å². The van der Waals surface area contributed by atoms with E-state index >= 15 is 0 Å². The van der Waals surface area contributed by atoms with E-state index < -0.39 is 0 Å². The molecular formula is C12H22N4O2. The Bertz CT molecular complexity index is 382. The molecule has 0 aliphatic carbocycles. The van der Waals surface area contributed by atoms with Gasteiger partial charge in [0.25, 0.3) is 0 Å². The summed E-state index contributed by atoms with van der Waals surface area (Å²) in [6.07, 6.45) is 1.05. The van der Waals surface area contributed by atoms with Gasteiger partial charge in [-0.15, -0.1) is 5.10 Å². The second kappa shape index (κ2) is 5.67. The van der Waals surface area contributed by atoms with Gasteiger partial charge in [0.2, 0.25) is 5.89 Å². The second-order valence-electron chi connectivity index (χ2n) is 4.91. The number of rotatable bonds is 5. The average molecular weight is 254 g/mol. The summed E-state index contributed by atoms with van der Waals surface area (Å²) in [5, 5.41) is 20.8. The maximum atomic E-state index is 9.42. The molecule has 2 N–H and O–H groups in total. The SMILES string of the molecule is CCNC(C)c1nnc(N2CCC(C)C2CO)o1. The van der Waals surface area contributed by atoms with Crippen molar-refractivity contribution in [1.29, 1.82) is 0 Å². The molecule has 2 rings (SSSR count). The highest BCUT2D eigenvalue weighted by molar-refractivity contribution is 5.29. The van der Waals surface area contributed by atoms with Crippen LogP contribution in [0.5, 0.6) is 0 Å². The smallest absolute Gasteiger partial charge is 0.318 e. The van der Waals surface area contributed by atoms with E-state index in [0.29, 0.717) is 17.8 Å². The highest BCUT2D eigenvalue weighted by Crippen LogP contribution is 2.29. The van der Waals surface area contributed by atoms with E-state index in [4.69, 9.17) is 4.42 Å². The van der Waals surface area contributed by atoms with Crippen LogP contribution in [-0.4, -0.2) is 41.0 Å². The molecule has 0 spiro atoms. The molecule has 0 amide bonds. The fourth-order valence-corrected chi connectivity index (χ4v) is 2.44. The molecule has 0 radical (unpaired) electrons. The van der Waals surface area contributed by atoms with Gasteiger partial charge in [0.05, 0.1) is 18.7 Å². The van der Waals surface area contributed by atoms with Crippen LogP contribution in [0.3, 0.4) is 0 Å². The number of aliphatic hydroxyl groups excluding tert-OH is 1. The van der Waals surface area contributed by atoms with E-state index in [2.05, 4.69) is 22.4 Å². The van der Waals surface area contributed by atoms with Gasteiger partial charge in [0.1, 0.15) is 0 Å². The molecule has 2 heterocycles. The van der Waals surface area contributed by atoms with Crippen molar-refractivity contribution in [3.05, 3.63) is 5.89 Å². The summed E-state index contributed by atoms with van der Waals surface area (Å²) in [6, 6.07) is 0.676. The first-order valence-corrected chi connectivity index (χ1v) is 6.61. The van der Waals surface area contributed by atoms with Crippen LogP contribution < -0.4 is 10.2 Å². The largest absolute Gasteiger partial charge is 0.406 e. The summed E-state index contributed by atoms with van der Waals surface area (Å²) in [6.45, 7) is 8.03. The van der Waals surface area contributed by atoms with Crippen LogP contribution in [0.25, 0.3) is 0 Å². The fraction of sp³-hybridized carbons (Fsp3) is 0.833. The van der Waals surface area contributed by atoms with Crippen LogP contribution in [0, 0.1) is 5.92 Å². The topological polar surface area (TPSA) is 74.4 Å². The number of hydrogen-bond donors (Lipinski definition) is 2. The molecule has 0 saturated carbocycles. The van der Waals surface area contributed by atoms with E-state index in [1.54, 1.807) is 0 Å². The molecule has 1 aromatic heterocycles. The average Bonchev–Trinajstić information content (AvgIpc) is 2.95. The standard InChI is InChI=1S/C12H22N4O2/c1-4-13-9(3)11-14-15-12(18-11)16-6-5-8(2)10(16)7-17/h8-10,13,17H,4-7H2,1-3H3. The molecule has 3 unspecified atom stereocenters. The van der Waals surface area contributed by atoms with Gasteiger partial charge in [-0.1, -0.05) is 18.9 Å². The lowest BCUT2D eigenvalue weighted by Gasteiger charge is -2.22. The van der Waals surface area contributed by atoms with Gasteiger partial charge in [0.15, 0.2) is 0 Å². The Morgan fingerprint density at radius 3 is 3.00 bits per heavy atom. The molecule has 6 nitrogen and oxygen atoms in total. The lowest BCUT2D eigenvalue weighted by Crippen LogP contribution is -2.35. The zero-order valence-corrected chi connectivity index (χ0v) is 11.3. The van der Waals surface area contributed by atoms with Gasteiger partial charge < -0.3 is 19.7 Å². The number of aliphatic hydroxyl groups is 1. The van der Waals surface area contributed by atoms with Crippen LogP contribution in [0.15, 0.2) is 4.42 Å². The molecule has 1 aromatic rings. The lowest BCUT2D eigenvalue weighted by atomic mass is 10.0. The highest BCUT2D eigenvalue weighted by Gasteiger charge is 2.33. The maximum Gasteiger partial charge on any atom is 0.318 e. The summed E-state index contributed by atoms with van der Waals surface area (Å²) in [5.74, 6) is 1.06. The second-order valence-corrected chi connectivity index (χ2v) is 4.91. The Morgan fingerprint density at radius 1 is 1.56 bits per heavy atom. The lowest BCUT2D eigenvalue weighted by molar-refractivity contribution is 0.241. The normalized spacial score (nSPS) is 25.7. The van der Waals surface area contributed by atoms with Crippen molar-refractivity contribution in [3.8, 4) is 0 Å². The third-order valence-electron chi connectivity index (χ3n) is 3.63. The van der Waals surface area contributed by atoms with E-state index in [9.17, 15) is 5.11 Å². The summed E-state index contributed by atoms with van der Waals surface area (Å²) < 4.78 is 5.69. The van der Waals surface area contributed by atoms with E-state index in [1.165, 1.54) is 0 Å². The van der Waals surface area contributed by atoms with Crippen molar-refractivity contribution in [1.82, 2.24) is 15.5 Å². The number of hydrogen-bond acceptors (Lipinski definition) is 6. The number of nitrogens with zero attached hydrogens (tertiary/aromatic N) is 3. The molecule has 18 heavy (non-hydrogen) atoms. The summed E-state index contributed by atoms with van der Waals surface area (Å²) >= 11 is 0. The zero-order valence-electron chi connectivity index (χ0n) is 11.3. The molecule has 0 bridgehead atoms. The van der Waals surface area contributed by atoms with Crippen LogP contribution in [0.1, 0.15) is 39.1 Å². The predicted octanol–water partition coefficient (Wildman–Crippen LogP) is 0.947. The minimum Gasteiger partial charge on any atom is -0.406 e. The molecule has 6 heteroatoms. The molecular weight excluding hydrogens is 232 g/mol. The maximum absolute atomic E-state index is 9.42. The predicted molar refractivity (Wildman–Crippen MR) is 68.4 cm³/mol. The molecule has 1 saturated heterocycles. The van der Waals surface area contributed by atoms with Crippen LogP contribution >= 0.6 is 0 Å². The van der Waals surface area contributed by atoms with Crippen molar-refractivity contribution in [2.45, 2.75) is 39.3 Å². The Hall–Kier alpha value is -1.14. The molecule has 102 valence electrons. The van der Waals surface area contributed by atoms with Gasteiger partial charge in [-0.25, -0.2) is 0 Å². The molecule has 3 atom stereocenters.